The predicted molar refractivity (Wildman–Crippen MR) is 141 cm³/mol. The van der Waals surface area contributed by atoms with Crippen LogP contribution in [0.1, 0.15) is 23.6 Å². The maximum Gasteiger partial charge on any atom is 0.321 e. The van der Waals surface area contributed by atoms with Crippen LogP contribution in [0.2, 0.25) is 5.02 Å². The second kappa shape index (κ2) is 11.8. The molecule has 0 saturated heterocycles. The van der Waals surface area contributed by atoms with Crippen molar-refractivity contribution in [2.45, 2.75) is 32.5 Å². The van der Waals surface area contributed by atoms with E-state index in [0.717, 1.165) is 22.0 Å². The molecule has 6 nitrogen and oxygen atoms in total. The highest BCUT2D eigenvalue weighted by Crippen LogP contribution is 2.38. The van der Waals surface area contributed by atoms with Crippen LogP contribution in [0.4, 0.5) is 4.39 Å². The Balaban J connectivity index is 1.49. The van der Waals surface area contributed by atoms with Crippen molar-refractivity contribution in [3.63, 3.8) is 0 Å². The van der Waals surface area contributed by atoms with Gasteiger partial charge in [-0.3, -0.25) is 4.79 Å². The smallest absolute Gasteiger partial charge is 0.321 e. The SMILES string of the molecule is CCOc1cc(CN[C@H](Cc2c[nH]c3ccccc23)C(=O)O)cc(Br)c1OCc1c(F)cccc1Cl. The highest BCUT2D eigenvalue weighted by molar-refractivity contribution is 9.10. The van der Waals surface area contributed by atoms with Crippen molar-refractivity contribution in [1.29, 1.82) is 0 Å². The fourth-order valence-corrected chi connectivity index (χ4v) is 4.77. The Hall–Kier alpha value is -3.07. The lowest BCUT2D eigenvalue weighted by Crippen LogP contribution is -2.38. The lowest BCUT2D eigenvalue weighted by molar-refractivity contribution is -0.139. The number of aliphatic carboxylic acids is 1. The first-order chi connectivity index (χ1) is 17.4. The summed E-state index contributed by atoms with van der Waals surface area (Å²) >= 11 is 9.63. The number of carboxylic acids is 1. The molecule has 0 spiro atoms. The number of H-pyrrole nitrogens is 1. The number of carboxylic acid groups (broad SMARTS) is 1. The van der Waals surface area contributed by atoms with Crippen molar-refractivity contribution in [2.24, 2.45) is 0 Å². The third kappa shape index (κ3) is 6.00. The molecule has 0 saturated carbocycles. The average Bonchev–Trinajstić information content (AvgIpc) is 3.25. The lowest BCUT2D eigenvalue weighted by Gasteiger charge is -2.18. The zero-order valence-electron chi connectivity index (χ0n) is 19.5. The van der Waals surface area contributed by atoms with Crippen molar-refractivity contribution >= 4 is 44.4 Å². The van der Waals surface area contributed by atoms with Gasteiger partial charge in [-0.1, -0.05) is 35.9 Å². The van der Waals surface area contributed by atoms with E-state index in [1.807, 2.05) is 43.5 Å². The Kier molecular flexibility index (Phi) is 8.51. The summed E-state index contributed by atoms with van der Waals surface area (Å²) in [5.74, 6) is -0.522. The fraction of sp³-hybridized carbons (Fsp3) is 0.222. The van der Waals surface area contributed by atoms with Gasteiger partial charge in [0.1, 0.15) is 18.5 Å². The zero-order valence-corrected chi connectivity index (χ0v) is 21.8. The molecule has 0 fully saturated rings. The molecule has 1 aromatic heterocycles. The fourth-order valence-electron chi connectivity index (χ4n) is 3.95. The number of aromatic amines is 1. The summed E-state index contributed by atoms with van der Waals surface area (Å²) in [4.78, 5) is 15.2. The molecule has 0 aliphatic rings. The van der Waals surface area contributed by atoms with E-state index in [9.17, 15) is 14.3 Å². The van der Waals surface area contributed by atoms with E-state index in [-0.39, 0.29) is 23.7 Å². The number of aromatic nitrogens is 1. The first-order valence-electron chi connectivity index (χ1n) is 11.4. The Morgan fingerprint density at radius 1 is 1.19 bits per heavy atom. The summed E-state index contributed by atoms with van der Waals surface area (Å²) in [6, 6.07) is 15.1. The van der Waals surface area contributed by atoms with Gasteiger partial charge >= 0.3 is 5.97 Å². The first kappa shape index (κ1) is 26.0. The predicted octanol–water partition coefficient (Wildman–Crippen LogP) is 6.49. The summed E-state index contributed by atoms with van der Waals surface area (Å²) in [5, 5.41) is 14.2. The number of nitrogens with one attached hydrogen (secondary N) is 2. The Morgan fingerprint density at radius 3 is 2.75 bits per heavy atom. The Labute approximate surface area is 221 Å². The monoisotopic (exact) mass is 574 g/mol. The molecular formula is C27H25BrClFN2O4. The molecule has 3 aromatic carbocycles. The van der Waals surface area contributed by atoms with Crippen molar-refractivity contribution < 1.29 is 23.8 Å². The highest BCUT2D eigenvalue weighted by atomic mass is 79.9. The number of fused-ring (bicyclic) bond motifs is 1. The molecular weight excluding hydrogens is 551 g/mol. The molecule has 36 heavy (non-hydrogen) atoms. The van der Waals surface area contributed by atoms with Crippen molar-refractivity contribution in [2.75, 3.05) is 6.61 Å². The molecule has 4 rings (SSSR count). The van der Waals surface area contributed by atoms with Gasteiger partial charge in [0.05, 0.1) is 16.1 Å². The largest absolute Gasteiger partial charge is 0.490 e. The van der Waals surface area contributed by atoms with Crippen LogP contribution < -0.4 is 14.8 Å². The van der Waals surface area contributed by atoms with E-state index in [1.165, 1.54) is 12.1 Å². The Bertz CT molecular complexity index is 1360. The molecule has 0 unspecified atom stereocenters. The third-order valence-corrected chi connectivity index (χ3v) is 6.68. The lowest BCUT2D eigenvalue weighted by atomic mass is 10.0. The summed E-state index contributed by atoms with van der Waals surface area (Å²) in [6.07, 6.45) is 2.17. The Morgan fingerprint density at radius 2 is 2.00 bits per heavy atom. The number of para-hydroxylation sites is 1. The average molecular weight is 576 g/mol. The molecule has 4 aromatic rings. The standard InChI is InChI=1S/C27H25BrClFN2O4/c1-2-35-25-11-16(10-20(28)26(25)36-15-19-21(29)7-5-8-22(19)30)13-31-24(27(33)34)12-17-14-32-23-9-4-3-6-18(17)23/h3-11,14,24,31-32H,2,12-13,15H2,1H3,(H,33,34)/t24-/m1/s1. The topological polar surface area (TPSA) is 83.6 Å². The molecule has 3 N–H and O–H groups in total. The third-order valence-electron chi connectivity index (χ3n) is 5.74. The van der Waals surface area contributed by atoms with Crippen LogP contribution in [0.5, 0.6) is 11.5 Å². The summed E-state index contributed by atoms with van der Waals surface area (Å²) in [7, 11) is 0. The van der Waals surface area contributed by atoms with Crippen LogP contribution in [-0.4, -0.2) is 28.7 Å². The van der Waals surface area contributed by atoms with Crippen LogP contribution in [0.3, 0.4) is 0 Å². The molecule has 9 heteroatoms. The molecule has 0 bridgehead atoms. The molecule has 188 valence electrons. The van der Waals surface area contributed by atoms with E-state index in [4.69, 9.17) is 21.1 Å². The minimum Gasteiger partial charge on any atom is -0.490 e. The van der Waals surface area contributed by atoms with Crippen LogP contribution >= 0.6 is 27.5 Å². The number of ether oxygens (including phenoxy) is 2. The van der Waals surface area contributed by atoms with Gasteiger partial charge in [-0.05, 0) is 64.3 Å². The number of hydrogen-bond acceptors (Lipinski definition) is 4. The van der Waals surface area contributed by atoms with Crippen LogP contribution in [-0.2, 0) is 24.4 Å². The summed E-state index contributed by atoms with van der Waals surface area (Å²) in [6.45, 7) is 2.45. The van der Waals surface area contributed by atoms with Crippen LogP contribution in [0.25, 0.3) is 10.9 Å². The zero-order chi connectivity index (χ0) is 25.7. The number of hydrogen-bond donors (Lipinski definition) is 3. The first-order valence-corrected chi connectivity index (χ1v) is 12.6. The van der Waals surface area contributed by atoms with Gasteiger partial charge in [-0.2, -0.15) is 0 Å². The summed E-state index contributed by atoms with van der Waals surface area (Å²) < 4.78 is 26.4. The van der Waals surface area contributed by atoms with E-state index in [2.05, 4.69) is 26.2 Å². The van der Waals surface area contributed by atoms with Crippen molar-refractivity contribution in [3.05, 3.63) is 92.8 Å². The maximum atomic E-state index is 14.2. The molecule has 1 heterocycles. The molecule has 0 aliphatic carbocycles. The van der Waals surface area contributed by atoms with Gasteiger partial charge in [0.25, 0.3) is 0 Å². The van der Waals surface area contributed by atoms with Gasteiger partial charge < -0.3 is 24.9 Å². The highest BCUT2D eigenvalue weighted by Gasteiger charge is 2.20. The van der Waals surface area contributed by atoms with Crippen molar-refractivity contribution in [3.8, 4) is 11.5 Å². The number of carbonyl (C=O) groups is 1. The van der Waals surface area contributed by atoms with Gasteiger partial charge in [-0.15, -0.1) is 0 Å². The maximum absolute atomic E-state index is 14.2. The van der Waals surface area contributed by atoms with Crippen LogP contribution in [0.15, 0.2) is 65.3 Å². The van der Waals surface area contributed by atoms with E-state index >= 15 is 0 Å². The number of rotatable bonds is 11. The van der Waals surface area contributed by atoms with E-state index in [0.29, 0.717) is 29.0 Å². The van der Waals surface area contributed by atoms with Gasteiger partial charge in [0.15, 0.2) is 11.5 Å². The van der Waals surface area contributed by atoms with Crippen LogP contribution in [0, 0.1) is 5.82 Å². The van der Waals surface area contributed by atoms with E-state index < -0.39 is 17.8 Å². The second-order valence-electron chi connectivity index (χ2n) is 8.16. The van der Waals surface area contributed by atoms with Gasteiger partial charge in [-0.25, -0.2) is 4.39 Å². The summed E-state index contributed by atoms with van der Waals surface area (Å²) in [5.41, 5.74) is 2.94. The van der Waals surface area contributed by atoms with Gasteiger partial charge in [0.2, 0.25) is 0 Å². The second-order valence-corrected chi connectivity index (χ2v) is 9.42. The van der Waals surface area contributed by atoms with E-state index in [1.54, 1.807) is 12.1 Å². The molecule has 1 atom stereocenters. The molecule has 0 radical (unpaired) electrons. The number of benzene rings is 3. The normalized spacial score (nSPS) is 12.0. The quantitative estimate of drug-likeness (QED) is 0.191. The van der Waals surface area contributed by atoms with Gasteiger partial charge in [0, 0.05) is 35.6 Å². The minimum atomic E-state index is -0.939. The number of halogens is 3. The van der Waals surface area contributed by atoms with Crippen molar-refractivity contribution in [1.82, 2.24) is 10.3 Å². The molecule has 0 aliphatic heterocycles. The minimum absolute atomic E-state index is 0.0759. The molecule has 0 amide bonds.